The lowest BCUT2D eigenvalue weighted by atomic mass is 10.1. The molecule has 98 valence electrons. The molecule has 0 saturated carbocycles. The lowest BCUT2D eigenvalue weighted by molar-refractivity contribution is 0.469. The van der Waals surface area contributed by atoms with Crippen molar-refractivity contribution in [3.8, 4) is 11.5 Å². The van der Waals surface area contributed by atoms with Crippen LogP contribution in [0.15, 0.2) is 36.4 Å². The fraction of sp³-hybridized carbons (Fsp3) is 0.0714. The van der Waals surface area contributed by atoms with Gasteiger partial charge in [-0.25, -0.2) is 8.78 Å². The number of nitrogen functional groups attached to an aromatic ring is 1. The Labute approximate surface area is 109 Å². The quantitative estimate of drug-likeness (QED) is 0.658. The standard InChI is InChI=1S/C14H12F2N2O/c1-8-5-6-9(7-11(8)16)19-12-4-2-3-10(15)13(12)14(17)18/h2-7H,1H3,(H3,17,18). The number of benzene rings is 2. The van der Waals surface area contributed by atoms with Crippen LogP contribution in [-0.4, -0.2) is 5.84 Å². The molecule has 0 aliphatic carbocycles. The lowest BCUT2D eigenvalue weighted by Crippen LogP contribution is -2.14. The van der Waals surface area contributed by atoms with Gasteiger partial charge in [0.05, 0.1) is 5.56 Å². The second-order valence-electron chi connectivity index (χ2n) is 4.04. The van der Waals surface area contributed by atoms with E-state index in [-0.39, 0.29) is 17.1 Å². The van der Waals surface area contributed by atoms with Crippen LogP contribution in [0.1, 0.15) is 11.1 Å². The summed E-state index contributed by atoms with van der Waals surface area (Å²) in [5.74, 6) is -1.22. The fourth-order valence-electron chi connectivity index (χ4n) is 1.61. The molecular weight excluding hydrogens is 250 g/mol. The molecule has 3 nitrogen and oxygen atoms in total. The van der Waals surface area contributed by atoms with Gasteiger partial charge in [-0.15, -0.1) is 0 Å². The summed E-state index contributed by atoms with van der Waals surface area (Å²) < 4.78 is 32.4. The van der Waals surface area contributed by atoms with Gasteiger partial charge in [-0.3, -0.25) is 5.41 Å². The van der Waals surface area contributed by atoms with Gasteiger partial charge in [-0.2, -0.15) is 0 Å². The predicted octanol–water partition coefficient (Wildman–Crippen LogP) is 3.35. The van der Waals surface area contributed by atoms with Crippen molar-refractivity contribution < 1.29 is 13.5 Å². The number of ether oxygens (including phenoxy) is 1. The number of hydrogen-bond donors (Lipinski definition) is 2. The normalized spacial score (nSPS) is 10.3. The van der Waals surface area contributed by atoms with Gasteiger partial charge in [0.2, 0.25) is 0 Å². The topological polar surface area (TPSA) is 59.1 Å². The predicted molar refractivity (Wildman–Crippen MR) is 68.6 cm³/mol. The summed E-state index contributed by atoms with van der Waals surface area (Å²) in [5.41, 5.74) is 5.66. The summed E-state index contributed by atoms with van der Waals surface area (Å²) in [4.78, 5) is 0. The van der Waals surface area contributed by atoms with E-state index in [1.165, 1.54) is 24.3 Å². The van der Waals surface area contributed by atoms with Crippen molar-refractivity contribution in [1.29, 1.82) is 5.41 Å². The van der Waals surface area contributed by atoms with Gasteiger partial charge in [0.1, 0.15) is 29.0 Å². The molecule has 0 heterocycles. The highest BCUT2D eigenvalue weighted by molar-refractivity contribution is 5.98. The number of hydrogen-bond acceptors (Lipinski definition) is 2. The minimum atomic E-state index is -0.655. The molecule has 2 rings (SSSR count). The third kappa shape index (κ3) is 2.70. The first-order valence-corrected chi connectivity index (χ1v) is 5.56. The van der Waals surface area contributed by atoms with E-state index in [1.807, 2.05) is 0 Å². The average molecular weight is 262 g/mol. The van der Waals surface area contributed by atoms with Crippen LogP contribution >= 0.6 is 0 Å². The van der Waals surface area contributed by atoms with Crippen LogP contribution in [0, 0.1) is 24.0 Å². The van der Waals surface area contributed by atoms with Gasteiger partial charge in [-0.1, -0.05) is 12.1 Å². The maximum atomic E-state index is 13.6. The van der Waals surface area contributed by atoms with E-state index in [0.29, 0.717) is 5.56 Å². The fourth-order valence-corrected chi connectivity index (χ4v) is 1.61. The number of amidine groups is 1. The largest absolute Gasteiger partial charge is 0.456 e. The van der Waals surface area contributed by atoms with E-state index in [9.17, 15) is 8.78 Å². The molecule has 0 saturated heterocycles. The Morgan fingerprint density at radius 2 is 1.89 bits per heavy atom. The summed E-state index contributed by atoms with van der Waals surface area (Å²) in [6, 6.07) is 8.40. The minimum Gasteiger partial charge on any atom is -0.456 e. The second-order valence-corrected chi connectivity index (χ2v) is 4.04. The second kappa shape index (κ2) is 5.06. The number of aryl methyl sites for hydroxylation is 1. The van der Waals surface area contributed by atoms with E-state index >= 15 is 0 Å². The highest BCUT2D eigenvalue weighted by Crippen LogP contribution is 2.27. The molecule has 0 spiro atoms. The molecule has 0 fully saturated rings. The van der Waals surface area contributed by atoms with Crippen LogP contribution in [0.25, 0.3) is 0 Å². The zero-order valence-corrected chi connectivity index (χ0v) is 10.2. The van der Waals surface area contributed by atoms with Gasteiger partial charge in [0, 0.05) is 6.07 Å². The average Bonchev–Trinajstić information content (AvgIpc) is 2.33. The van der Waals surface area contributed by atoms with Crippen LogP contribution in [0.3, 0.4) is 0 Å². The first-order valence-electron chi connectivity index (χ1n) is 5.56. The third-order valence-corrected chi connectivity index (χ3v) is 2.62. The first kappa shape index (κ1) is 13.0. The molecule has 0 bridgehead atoms. The van der Waals surface area contributed by atoms with Crippen LogP contribution in [-0.2, 0) is 0 Å². The maximum absolute atomic E-state index is 13.6. The van der Waals surface area contributed by atoms with Crippen LogP contribution in [0.2, 0.25) is 0 Å². The van der Waals surface area contributed by atoms with Gasteiger partial charge in [-0.05, 0) is 30.7 Å². The van der Waals surface area contributed by atoms with Crippen molar-refractivity contribution >= 4 is 5.84 Å². The van der Waals surface area contributed by atoms with Gasteiger partial charge in [0.25, 0.3) is 0 Å². The molecular formula is C14H12F2N2O. The molecule has 0 aromatic heterocycles. The van der Waals surface area contributed by atoms with Crippen molar-refractivity contribution in [2.24, 2.45) is 5.73 Å². The Hall–Kier alpha value is -2.43. The molecule has 0 atom stereocenters. The Bertz CT molecular complexity index is 641. The molecule has 5 heteroatoms. The Kier molecular flexibility index (Phi) is 3.46. The summed E-state index contributed by atoms with van der Waals surface area (Å²) in [6.07, 6.45) is 0. The lowest BCUT2D eigenvalue weighted by Gasteiger charge is -2.11. The molecule has 0 radical (unpaired) electrons. The Balaban J connectivity index is 2.40. The Morgan fingerprint density at radius 3 is 2.53 bits per heavy atom. The van der Waals surface area contributed by atoms with Crippen LogP contribution < -0.4 is 10.5 Å². The summed E-state index contributed by atoms with van der Waals surface area (Å²) in [7, 11) is 0. The van der Waals surface area contributed by atoms with E-state index in [2.05, 4.69) is 0 Å². The molecule has 3 N–H and O–H groups in total. The van der Waals surface area contributed by atoms with Gasteiger partial charge >= 0.3 is 0 Å². The van der Waals surface area contributed by atoms with Crippen LogP contribution in [0.4, 0.5) is 8.78 Å². The molecule has 0 unspecified atom stereocenters. The number of rotatable bonds is 3. The SMILES string of the molecule is Cc1ccc(Oc2cccc(F)c2C(=N)N)cc1F. The number of halogens is 2. The number of nitrogens with two attached hydrogens (primary N) is 1. The monoisotopic (exact) mass is 262 g/mol. The van der Waals surface area contributed by atoms with Crippen molar-refractivity contribution in [1.82, 2.24) is 0 Å². The Morgan fingerprint density at radius 1 is 1.16 bits per heavy atom. The van der Waals surface area contributed by atoms with E-state index in [1.54, 1.807) is 19.1 Å². The molecule has 0 aliphatic rings. The highest BCUT2D eigenvalue weighted by Gasteiger charge is 2.13. The van der Waals surface area contributed by atoms with Crippen molar-refractivity contribution in [2.45, 2.75) is 6.92 Å². The molecule has 2 aromatic carbocycles. The van der Waals surface area contributed by atoms with Crippen molar-refractivity contribution in [2.75, 3.05) is 0 Å². The minimum absolute atomic E-state index is 0.0794. The van der Waals surface area contributed by atoms with E-state index in [0.717, 1.165) is 0 Å². The van der Waals surface area contributed by atoms with E-state index in [4.69, 9.17) is 15.9 Å². The van der Waals surface area contributed by atoms with Crippen LogP contribution in [0.5, 0.6) is 11.5 Å². The maximum Gasteiger partial charge on any atom is 0.141 e. The van der Waals surface area contributed by atoms with Gasteiger partial charge in [0.15, 0.2) is 0 Å². The van der Waals surface area contributed by atoms with Crippen molar-refractivity contribution in [3.63, 3.8) is 0 Å². The zero-order chi connectivity index (χ0) is 14.0. The van der Waals surface area contributed by atoms with Crippen molar-refractivity contribution in [3.05, 3.63) is 59.2 Å². The summed E-state index contributed by atoms with van der Waals surface area (Å²) >= 11 is 0. The third-order valence-electron chi connectivity index (χ3n) is 2.62. The molecule has 0 amide bonds. The van der Waals surface area contributed by atoms with E-state index < -0.39 is 17.5 Å². The smallest absolute Gasteiger partial charge is 0.141 e. The van der Waals surface area contributed by atoms with Gasteiger partial charge < -0.3 is 10.5 Å². The molecule has 2 aromatic rings. The molecule has 0 aliphatic heterocycles. The molecule has 19 heavy (non-hydrogen) atoms. The summed E-state index contributed by atoms with van der Waals surface area (Å²) in [6.45, 7) is 1.63. The zero-order valence-electron chi connectivity index (χ0n) is 10.2. The first-order chi connectivity index (χ1) is 8.99. The summed E-state index contributed by atoms with van der Waals surface area (Å²) in [5, 5.41) is 7.34. The number of nitrogens with one attached hydrogen (secondary N) is 1. The highest BCUT2D eigenvalue weighted by atomic mass is 19.1.